The summed E-state index contributed by atoms with van der Waals surface area (Å²) in [4.78, 5) is 24.2. The minimum atomic E-state index is 0.180. The molecule has 2 aliphatic carbocycles. The van der Waals surface area contributed by atoms with Gasteiger partial charge in [0.1, 0.15) is 0 Å². The first kappa shape index (κ1) is 14.4. The summed E-state index contributed by atoms with van der Waals surface area (Å²) in [5.41, 5.74) is 1.98. The molecular formula is C20H21NO2. The zero-order chi connectivity index (χ0) is 15.8. The van der Waals surface area contributed by atoms with Gasteiger partial charge in [-0.25, -0.2) is 0 Å². The summed E-state index contributed by atoms with van der Waals surface area (Å²) >= 11 is 0. The van der Waals surface area contributed by atoms with Crippen LogP contribution in [0.4, 0.5) is 0 Å². The zero-order valence-electron chi connectivity index (χ0n) is 13.2. The minimum absolute atomic E-state index is 0.180. The van der Waals surface area contributed by atoms with E-state index < -0.39 is 0 Å². The molecule has 118 valence electrons. The van der Waals surface area contributed by atoms with Gasteiger partial charge in [-0.2, -0.15) is 0 Å². The van der Waals surface area contributed by atoms with Crippen molar-refractivity contribution >= 4 is 22.5 Å². The van der Waals surface area contributed by atoms with Gasteiger partial charge in [-0.15, -0.1) is 0 Å². The van der Waals surface area contributed by atoms with Crippen molar-refractivity contribution in [2.24, 2.45) is 11.8 Å². The van der Waals surface area contributed by atoms with E-state index in [9.17, 15) is 9.59 Å². The van der Waals surface area contributed by atoms with Gasteiger partial charge in [0.15, 0.2) is 5.78 Å². The summed E-state index contributed by atoms with van der Waals surface area (Å²) in [5.74, 6) is 0.937. The van der Waals surface area contributed by atoms with Crippen LogP contribution in [-0.4, -0.2) is 18.2 Å². The summed E-state index contributed by atoms with van der Waals surface area (Å²) < 4.78 is 0. The third kappa shape index (κ3) is 3.14. The lowest BCUT2D eigenvalue weighted by molar-refractivity contribution is -0.122. The molecule has 0 saturated heterocycles. The van der Waals surface area contributed by atoms with Crippen LogP contribution in [0.5, 0.6) is 0 Å². The molecule has 23 heavy (non-hydrogen) atoms. The molecule has 2 aromatic rings. The molecule has 1 N–H and O–H groups in total. The summed E-state index contributed by atoms with van der Waals surface area (Å²) in [6.07, 6.45) is 4.88. The molecule has 3 nitrogen and oxygen atoms in total. The highest BCUT2D eigenvalue weighted by atomic mass is 16.2. The quantitative estimate of drug-likeness (QED) is 0.830. The second kappa shape index (κ2) is 5.80. The lowest BCUT2D eigenvalue weighted by Crippen LogP contribution is -2.27. The van der Waals surface area contributed by atoms with Gasteiger partial charge in [-0.3, -0.25) is 9.59 Å². The Morgan fingerprint density at radius 3 is 2.48 bits per heavy atom. The normalized spacial score (nSPS) is 17.2. The maximum Gasteiger partial charge on any atom is 0.223 e. The molecule has 0 unspecified atom stereocenters. The molecule has 0 aliphatic heterocycles. The molecule has 0 aromatic heterocycles. The molecular weight excluding hydrogens is 286 g/mol. The lowest BCUT2D eigenvalue weighted by Gasteiger charge is -2.11. The number of rotatable bonds is 6. The topological polar surface area (TPSA) is 46.2 Å². The van der Waals surface area contributed by atoms with E-state index in [1.807, 2.05) is 24.3 Å². The Kier molecular flexibility index (Phi) is 3.64. The van der Waals surface area contributed by atoms with Crippen LogP contribution in [0.2, 0.25) is 0 Å². The smallest absolute Gasteiger partial charge is 0.223 e. The predicted molar refractivity (Wildman–Crippen MR) is 90.4 cm³/mol. The van der Waals surface area contributed by atoms with Gasteiger partial charge in [0.25, 0.3) is 0 Å². The number of Topliss-reactive ketones (excluding diaryl/α,β-unsaturated/α-hetero) is 1. The van der Waals surface area contributed by atoms with E-state index in [2.05, 4.69) is 17.4 Å². The summed E-state index contributed by atoms with van der Waals surface area (Å²) in [5, 5.41) is 5.31. The van der Waals surface area contributed by atoms with Crippen LogP contribution in [0.1, 0.15) is 41.6 Å². The number of hydrogen-bond donors (Lipinski definition) is 1. The van der Waals surface area contributed by atoms with Crippen LogP contribution < -0.4 is 5.32 Å². The number of fused-ring (bicyclic) bond motifs is 1. The van der Waals surface area contributed by atoms with Crippen LogP contribution >= 0.6 is 0 Å². The standard InChI is InChI=1S/C20H21NO2/c22-19(13-5-6-13)17-11-15-3-1-2-4-18(15)16(12-17)9-10-21-20(23)14-7-8-14/h1-4,11-14H,5-10H2,(H,21,23). The highest BCUT2D eigenvalue weighted by Crippen LogP contribution is 2.34. The van der Waals surface area contributed by atoms with E-state index >= 15 is 0 Å². The molecule has 2 fully saturated rings. The van der Waals surface area contributed by atoms with Crippen LogP contribution in [0, 0.1) is 11.8 Å². The average Bonchev–Trinajstić information content (AvgIpc) is 3.46. The van der Waals surface area contributed by atoms with Crippen molar-refractivity contribution in [2.45, 2.75) is 32.1 Å². The Labute approximate surface area is 136 Å². The van der Waals surface area contributed by atoms with Crippen molar-refractivity contribution in [1.29, 1.82) is 0 Å². The summed E-state index contributed by atoms with van der Waals surface area (Å²) in [6, 6.07) is 12.2. The van der Waals surface area contributed by atoms with Gasteiger partial charge < -0.3 is 5.32 Å². The Hall–Kier alpha value is -2.16. The van der Waals surface area contributed by atoms with Gasteiger partial charge in [0.2, 0.25) is 5.91 Å². The van der Waals surface area contributed by atoms with Crippen molar-refractivity contribution in [2.75, 3.05) is 6.54 Å². The predicted octanol–water partition coefficient (Wildman–Crippen LogP) is 3.50. The Bertz CT molecular complexity index is 772. The molecule has 2 saturated carbocycles. The van der Waals surface area contributed by atoms with Crippen molar-refractivity contribution in [3.63, 3.8) is 0 Å². The Morgan fingerprint density at radius 2 is 1.74 bits per heavy atom. The van der Waals surface area contributed by atoms with Gasteiger partial charge in [0, 0.05) is 23.9 Å². The number of ketones is 1. The van der Waals surface area contributed by atoms with Gasteiger partial charge in [0.05, 0.1) is 0 Å². The number of nitrogens with one attached hydrogen (secondary N) is 1. The van der Waals surface area contributed by atoms with E-state index in [0.29, 0.717) is 6.54 Å². The van der Waals surface area contributed by atoms with E-state index in [1.165, 1.54) is 5.39 Å². The number of carbonyl (C=O) groups is 2. The molecule has 4 rings (SSSR count). The Morgan fingerprint density at radius 1 is 1.00 bits per heavy atom. The first-order valence-electron chi connectivity index (χ1n) is 8.56. The molecule has 0 heterocycles. The maximum atomic E-state index is 12.4. The van der Waals surface area contributed by atoms with E-state index in [1.54, 1.807) is 0 Å². The van der Waals surface area contributed by atoms with E-state index in [0.717, 1.165) is 48.6 Å². The summed E-state index contributed by atoms with van der Waals surface area (Å²) in [7, 11) is 0. The third-order valence-corrected chi connectivity index (χ3v) is 4.82. The monoisotopic (exact) mass is 307 g/mol. The number of hydrogen-bond acceptors (Lipinski definition) is 2. The van der Waals surface area contributed by atoms with Gasteiger partial charge in [-0.05, 0) is 60.6 Å². The van der Waals surface area contributed by atoms with Crippen LogP contribution in [-0.2, 0) is 11.2 Å². The van der Waals surface area contributed by atoms with Crippen molar-refractivity contribution < 1.29 is 9.59 Å². The summed E-state index contributed by atoms with van der Waals surface area (Å²) in [6.45, 7) is 0.639. The fraction of sp³-hybridized carbons (Fsp3) is 0.400. The second-order valence-corrected chi connectivity index (χ2v) is 6.81. The first-order chi connectivity index (χ1) is 11.2. The van der Waals surface area contributed by atoms with E-state index in [4.69, 9.17) is 0 Å². The van der Waals surface area contributed by atoms with Crippen molar-refractivity contribution in [1.82, 2.24) is 5.32 Å². The van der Waals surface area contributed by atoms with Crippen LogP contribution in [0.15, 0.2) is 36.4 Å². The van der Waals surface area contributed by atoms with Gasteiger partial charge in [-0.1, -0.05) is 24.3 Å². The largest absolute Gasteiger partial charge is 0.356 e. The SMILES string of the molecule is O=C(NCCc1cc(C(=O)C2CC2)cc2ccccc12)C1CC1. The van der Waals surface area contributed by atoms with Crippen molar-refractivity contribution in [3.8, 4) is 0 Å². The second-order valence-electron chi connectivity index (χ2n) is 6.81. The third-order valence-electron chi connectivity index (χ3n) is 4.82. The Balaban J connectivity index is 1.57. The fourth-order valence-electron chi connectivity index (χ4n) is 3.13. The van der Waals surface area contributed by atoms with Crippen LogP contribution in [0.25, 0.3) is 10.8 Å². The molecule has 0 atom stereocenters. The first-order valence-corrected chi connectivity index (χ1v) is 8.56. The highest BCUT2D eigenvalue weighted by Gasteiger charge is 2.31. The fourth-order valence-corrected chi connectivity index (χ4v) is 3.13. The van der Waals surface area contributed by atoms with Crippen molar-refractivity contribution in [3.05, 3.63) is 47.5 Å². The lowest BCUT2D eigenvalue weighted by atomic mass is 9.96. The van der Waals surface area contributed by atoms with E-state index in [-0.39, 0.29) is 23.5 Å². The number of carbonyl (C=O) groups excluding carboxylic acids is 2. The number of benzene rings is 2. The minimum Gasteiger partial charge on any atom is -0.356 e. The molecule has 0 spiro atoms. The molecule has 2 aromatic carbocycles. The number of amides is 1. The molecule has 0 bridgehead atoms. The zero-order valence-corrected chi connectivity index (χ0v) is 13.2. The van der Waals surface area contributed by atoms with Gasteiger partial charge >= 0.3 is 0 Å². The molecule has 2 aliphatic rings. The molecule has 3 heteroatoms. The molecule has 1 amide bonds. The van der Waals surface area contributed by atoms with Crippen LogP contribution in [0.3, 0.4) is 0 Å². The average molecular weight is 307 g/mol. The maximum absolute atomic E-state index is 12.4. The highest BCUT2D eigenvalue weighted by molar-refractivity contribution is 6.03. The molecule has 0 radical (unpaired) electrons.